The molecular formula is C16H32ClN3O. The molecule has 2 heterocycles. The molecule has 3 rings (SSSR count). The fourth-order valence-corrected chi connectivity index (χ4v) is 4.28. The second kappa shape index (κ2) is 8.11. The molecule has 2 saturated heterocycles. The first-order valence-electron chi connectivity index (χ1n) is 8.47. The topological polar surface area (TPSA) is 27.7 Å². The summed E-state index contributed by atoms with van der Waals surface area (Å²) in [5.74, 6) is 0.856. The van der Waals surface area contributed by atoms with Gasteiger partial charge in [0, 0.05) is 25.2 Å². The summed E-state index contributed by atoms with van der Waals surface area (Å²) < 4.78 is 6.10. The minimum absolute atomic E-state index is 0. The van der Waals surface area contributed by atoms with Crippen molar-refractivity contribution in [3.05, 3.63) is 0 Å². The monoisotopic (exact) mass is 317 g/mol. The summed E-state index contributed by atoms with van der Waals surface area (Å²) in [6, 6.07) is 1.40. The molecule has 0 radical (unpaired) electrons. The summed E-state index contributed by atoms with van der Waals surface area (Å²) in [5, 5.41) is 3.55. The molecular weight excluding hydrogens is 286 g/mol. The third kappa shape index (κ3) is 4.32. The van der Waals surface area contributed by atoms with Crippen molar-refractivity contribution in [1.82, 2.24) is 15.1 Å². The number of nitrogens with one attached hydrogen (secondary N) is 1. The van der Waals surface area contributed by atoms with E-state index < -0.39 is 0 Å². The van der Waals surface area contributed by atoms with Crippen LogP contribution in [0.5, 0.6) is 0 Å². The van der Waals surface area contributed by atoms with E-state index in [0.29, 0.717) is 18.2 Å². The number of rotatable bonds is 3. The van der Waals surface area contributed by atoms with Crippen molar-refractivity contribution in [2.45, 2.75) is 50.3 Å². The average Bonchev–Trinajstić information content (AvgIpc) is 2.48. The maximum atomic E-state index is 6.10. The molecule has 0 aromatic carbocycles. The summed E-state index contributed by atoms with van der Waals surface area (Å²) in [5.41, 5.74) is 0. The van der Waals surface area contributed by atoms with Crippen molar-refractivity contribution in [2.24, 2.45) is 5.92 Å². The van der Waals surface area contributed by atoms with Crippen molar-refractivity contribution in [3.63, 3.8) is 0 Å². The van der Waals surface area contributed by atoms with Gasteiger partial charge in [-0.3, -0.25) is 4.90 Å². The lowest BCUT2D eigenvalue weighted by molar-refractivity contribution is -0.104. The van der Waals surface area contributed by atoms with Crippen LogP contribution in [0.25, 0.3) is 0 Å². The number of piperidine rings is 1. The molecule has 0 spiro atoms. The van der Waals surface area contributed by atoms with Gasteiger partial charge in [0.2, 0.25) is 0 Å². The van der Waals surface area contributed by atoms with E-state index in [-0.39, 0.29) is 12.4 Å². The molecule has 3 aliphatic rings. The predicted octanol–water partition coefficient (Wildman–Crippen LogP) is 1.59. The largest absolute Gasteiger partial charge is 0.375 e. The number of hydrogen-bond acceptors (Lipinski definition) is 4. The van der Waals surface area contributed by atoms with Crippen molar-refractivity contribution in [1.29, 1.82) is 0 Å². The first-order valence-corrected chi connectivity index (χ1v) is 8.47. The number of fused-ring (bicyclic) bond motifs is 1. The van der Waals surface area contributed by atoms with Gasteiger partial charge in [-0.2, -0.15) is 0 Å². The summed E-state index contributed by atoms with van der Waals surface area (Å²) >= 11 is 0. The first-order chi connectivity index (χ1) is 9.74. The first kappa shape index (κ1) is 17.5. The number of nitrogens with zero attached hydrogens (tertiary/aromatic N) is 2. The third-order valence-corrected chi connectivity index (χ3v) is 5.53. The Balaban J connectivity index is 0.00000161. The van der Waals surface area contributed by atoms with Crippen LogP contribution in [0.1, 0.15) is 32.1 Å². The Morgan fingerprint density at radius 3 is 2.81 bits per heavy atom. The molecule has 4 unspecified atom stereocenters. The van der Waals surface area contributed by atoms with Gasteiger partial charge in [0.15, 0.2) is 0 Å². The Hall–Kier alpha value is 0.130. The second-order valence-electron chi connectivity index (χ2n) is 7.11. The van der Waals surface area contributed by atoms with Crippen LogP contribution >= 0.6 is 12.4 Å². The average molecular weight is 318 g/mol. The molecule has 124 valence electrons. The molecule has 4 atom stereocenters. The Bertz CT molecular complexity index is 310. The van der Waals surface area contributed by atoms with E-state index in [4.69, 9.17) is 4.74 Å². The highest BCUT2D eigenvalue weighted by molar-refractivity contribution is 5.85. The predicted molar refractivity (Wildman–Crippen MR) is 89.3 cm³/mol. The molecule has 3 fully saturated rings. The fourth-order valence-electron chi connectivity index (χ4n) is 4.28. The van der Waals surface area contributed by atoms with Crippen molar-refractivity contribution in [3.8, 4) is 0 Å². The van der Waals surface area contributed by atoms with Crippen molar-refractivity contribution >= 4 is 12.4 Å². The Morgan fingerprint density at radius 1 is 1.24 bits per heavy atom. The van der Waals surface area contributed by atoms with Gasteiger partial charge in [0.1, 0.15) is 0 Å². The van der Waals surface area contributed by atoms with Gasteiger partial charge in [0.25, 0.3) is 0 Å². The highest BCUT2D eigenvalue weighted by atomic mass is 35.5. The maximum Gasteiger partial charge on any atom is 0.0745 e. The van der Waals surface area contributed by atoms with Crippen LogP contribution < -0.4 is 5.32 Å². The zero-order chi connectivity index (χ0) is 13.9. The summed E-state index contributed by atoms with van der Waals surface area (Å²) in [6.07, 6.45) is 7.09. The van der Waals surface area contributed by atoms with Crippen LogP contribution in [0.2, 0.25) is 0 Å². The molecule has 5 heteroatoms. The van der Waals surface area contributed by atoms with Gasteiger partial charge in [-0.25, -0.2) is 0 Å². The van der Waals surface area contributed by atoms with Gasteiger partial charge in [0.05, 0.1) is 12.7 Å². The van der Waals surface area contributed by atoms with Gasteiger partial charge in [-0.05, 0) is 65.2 Å². The lowest BCUT2D eigenvalue weighted by atomic mass is 9.85. The van der Waals surface area contributed by atoms with E-state index in [2.05, 4.69) is 29.2 Å². The second-order valence-corrected chi connectivity index (χ2v) is 7.11. The van der Waals surface area contributed by atoms with Crippen LogP contribution in [-0.2, 0) is 4.74 Å². The molecule has 0 aromatic heterocycles. The van der Waals surface area contributed by atoms with Crippen LogP contribution in [0.15, 0.2) is 0 Å². The van der Waals surface area contributed by atoms with Crippen LogP contribution in [0, 0.1) is 5.92 Å². The van der Waals surface area contributed by atoms with E-state index in [1.54, 1.807) is 0 Å². The van der Waals surface area contributed by atoms with E-state index in [1.807, 2.05) is 0 Å². The van der Waals surface area contributed by atoms with Crippen molar-refractivity contribution in [2.75, 3.05) is 46.9 Å². The van der Waals surface area contributed by atoms with Crippen LogP contribution in [0.4, 0.5) is 0 Å². The van der Waals surface area contributed by atoms with Crippen molar-refractivity contribution < 1.29 is 4.74 Å². The van der Waals surface area contributed by atoms with Crippen LogP contribution in [-0.4, -0.2) is 74.9 Å². The fraction of sp³-hybridized carbons (Fsp3) is 1.00. The standard InChI is InChI=1S/C16H31N3O.ClH/c1-18(2)14-5-6-15-16(10-14)20-9-8-19(15)12-13-4-3-7-17-11-13;/h13-17H,3-12H2,1-2H3;1H. The zero-order valence-corrected chi connectivity index (χ0v) is 14.4. The lowest BCUT2D eigenvalue weighted by Crippen LogP contribution is -2.57. The Morgan fingerprint density at radius 2 is 2.10 bits per heavy atom. The minimum Gasteiger partial charge on any atom is -0.375 e. The van der Waals surface area contributed by atoms with E-state index in [0.717, 1.165) is 19.1 Å². The zero-order valence-electron chi connectivity index (χ0n) is 13.6. The number of hydrogen-bond donors (Lipinski definition) is 1. The molecule has 4 nitrogen and oxygen atoms in total. The lowest BCUT2D eigenvalue weighted by Gasteiger charge is -2.48. The van der Waals surface area contributed by atoms with Gasteiger partial charge < -0.3 is 15.0 Å². The molecule has 0 bridgehead atoms. The molecule has 1 aliphatic carbocycles. The van der Waals surface area contributed by atoms with Crippen LogP contribution in [0.3, 0.4) is 0 Å². The summed E-state index contributed by atoms with van der Waals surface area (Å²) in [7, 11) is 4.42. The van der Waals surface area contributed by atoms with E-state index in [9.17, 15) is 0 Å². The molecule has 1 N–H and O–H groups in total. The highest BCUT2D eigenvalue weighted by Crippen LogP contribution is 2.31. The number of morpholine rings is 1. The number of ether oxygens (including phenoxy) is 1. The Kier molecular flexibility index (Phi) is 6.76. The molecule has 0 aromatic rings. The maximum absolute atomic E-state index is 6.10. The minimum atomic E-state index is 0. The van der Waals surface area contributed by atoms with Gasteiger partial charge in [-0.15, -0.1) is 12.4 Å². The quantitative estimate of drug-likeness (QED) is 0.855. The van der Waals surface area contributed by atoms with Gasteiger partial charge >= 0.3 is 0 Å². The molecule has 2 aliphatic heterocycles. The Labute approximate surface area is 136 Å². The molecule has 0 amide bonds. The third-order valence-electron chi connectivity index (χ3n) is 5.53. The van der Waals surface area contributed by atoms with Gasteiger partial charge in [-0.1, -0.05) is 0 Å². The van der Waals surface area contributed by atoms with E-state index in [1.165, 1.54) is 51.7 Å². The molecule has 21 heavy (non-hydrogen) atoms. The smallest absolute Gasteiger partial charge is 0.0745 e. The molecule has 1 saturated carbocycles. The SMILES string of the molecule is CN(C)C1CCC2C(C1)OCCN2CC1CCCNC1.Cl. The van der Waals surface area contributed by atoms with E-state index >= 15 is 0 Å². The number of halogens is 1. The highest BCUT2D eigenvalue weighted by Gasteiger charge is 2.38. The summed E-state index contributed by atoms with van der Waals surface area (Å²) in [4.78, 5) is 5.13. The normalized spacial score (nSPS) is 37.9. The summed E-state index contributed by atoms with van der Waals surface area (Å²) in [6.45, 7) is 5.79.